The highest BCUT2D eigenvalue weighted by molar-refractivity contribution is 6.00. The van der Waals surface area contributed by atoms with E-state index in [1.165, 1.54) is 0 Å². The summed E-state index contributed by atoms with van der Waals surface area (Å²) in [6.07, 6.45) is 0. The van der Waals surface area contributed by atoms with Crippen LogP contribution in [-0.4, -0.2) is 16.1 Å². The van der Waals surface area contributed by atoms with Crippen molar-refractivity contribution in [1.82, 2.24) is 10.3 Å². The van der Waals surface area contributed by atoms with Crippen LogP contribution in [0.15, 0.2) is 33.9 Å². The number of rotatable bonds is 2. The second-order valence-electron chi connectivity index (χ2n) is 3.16. The largest absolute Gasteiger partial charge is 0.382 e. The number of nitrogen functional groups attached to an aromatic ring is 1. The van der Waals surface area contributed by atoms with Crippen LogP contribution in [0, 0.1) is 11.3 Å². The average Bonchev–Trinajstić information content (AvgIpc) is 2.76. The van der Waals surface area contributed by atoms with Crippen LogP contribution >= 0.6 is 0 Å². The quantitative estimate of drug-likeness (QED) is 0.571. The van der Waals surface area contributed by atoms with Gasteiger partial charge in [0.25, 0.3) is 0 Å². The van der Waals surface area contributed by atoms with Crippen molar-refractivity contribution in [3.8, 4) is 6.07 Å². The fourth-order valence-corrected chi connectivity index (χ4v) is 1.21. The summed E-state index contributed by atoms with van der Waals surface area (Å²) in [5.41, 5.74) is 12.4. The van der Waals surface area contributed by atoms with Crippen molar-refractivity contribution in [3.05, 3.63) is 35.5 Å². The number of benzene rings is 1. The molecule has 0 radical (unpaired) electrons. The number of nitriles is 1. The second kappa shape index (κ2) is 4.32. The van der Waals surface area contributed by atoms with Gasteiger partial charge in [-0.05, 0) is 28.5 Å². The van der Waals surface area contributed by atoms with E-state index < -0.39 is 0 Å². The maximum Gasteiger partial charge on any atom is 0.199 e. The number of amidine groups is 1. The molecule has 4 N–H and O–H groups in total. The standard InChI is InChI=1S/C10H8N6O/c11-5-6-2-1-3-7(4-6)14-9(12)8-10(13)16-17-15-8/h1-4H,(H2,12,14)(H2,13,16). The Balaban J connectivity index is 2.37. The summed E-state index contributed by atoms with van der Waals surface area (Å²) in [6, 6.07) is 8.68. The molecule has 0 bridgehead atoms. The lowest BCUT2D eigenvalue weighted by Gasteiger charge is -1.97. The average molecular weight is 228 g/mol. The highest BCUT2D eigenvalue weighted by Gasteiger charge is 2.10. The lowest BCUT2D eigenvalue weighted by atomic mass is 10.2. The van der Waals surface area contributed by atoms with E-state index >= 15 is 0 Å². The van der Waals surface area contributed by atoms with Crippen molar-refractivity contribution in [2.45, 2.75) is 0 Å². The Morgan fingerprint density at radius 2 is 2.24 bits per heavy atom. The zero-order valence-corrected chi connectivity index (χ0v) is 8.66. The Morgan fingerprint density at radius 3 is 2.88 bits per heavy atom. The Hall–Kier alpha value is -2.88. The molecule has 7 nitrogen and oxygen atoms in total. The van der Waals surface area contributed by atoms with E-state index in [9.17, 15) is 0 Å². The van der Waals surface area contributed by atoms with Gasteiger partial charge in [0.05, 0.1) is 17.3 Å². The summed E-state index contributed by atoms with van der Waals surface area (Å²) in [5.74, 6) is 0.154. The molecule has 1 aromatic heterocycles. The minimum Gasteiger partial charge on any atom is -0.382 e. The topological polar surface area (TPSA) is 127 Å². The Labute approximate surface area is 96.3 Å². The summed E-state index contributed by atoms with van der Waals surface area (Å²) in [6.45, 7) is 0. The summed E-state index contributed by atoms with van der Waals surface area (Å²) in [5, 5.41) is 15.7. The molecule has 84 valence electrons. The van der Waals surface area contributed by atoms with Gasteiger partial charge in [0.1, 0.15) is 0 Å². The fourth-order valence-electron chi connectivity index (χ4n) is 1.21. The molecule has 0 unspecified atom stereocenters. The van der Waals surface area contributed by atoms with E-state index in [2.05, 4.69) is 19.9 Å². The number of nitrogens with two attached hydrogens (primary N) is 2. The van der Waals surface area contributed by atoms with Gasteiger partial charge in [-0.2, -0.15) is 5.26 Å². The van der Waals surface area contributed by atoms with E-state index in [-0.39, 0.29) is 17.3 Å². The van der Waals surface area contributed by atoms with Crippen LogP contribution in [0.1, 0.15) is 11.3 Å². The second-order valence-corrected chi connectivity index (χ2v) is 3.16. The van der Waals surface area contributed by atoms with Crippen LogP contribution < -0.4 is 11.5 Å². The number of anilines is 1. The van der Waals surface area contributed by atoms with Crippen LogP contribution in [0.3, 0.4) is 0 Å². The monoisotopic (exact) mass is 228 g/mol. The first-order valence-electron chi connectivity index (χ1n) is 4.63. The minimum absolute atomic E-state index is 0.0719. The molecule has 0 aliphatic rings. The molecule has 0 atom stereocenters. The van der Waals surface area contributed by atoms with Gasteiger partial charge in [0.15, 0.2) is 17.3 Å². The number of hydrogen-bond acceptors (Lipinski definition) is 6. The van der Waals surface area contributed by atoms with Crippen molar-refractivity contribution < 1.29 is 4.63 Å². The molecular formula is C10H8N6O. The molecule has 0 aliphatic heterocycles. The van der Waals surface area contributed by atoms with Gasteiger partial charge in [-0.15, -0.1) is 0 Å². The van der Waals surface area contributed by atoms with Gasteiger partial charge in [-0.25, -0.2) is 9.62 Å². The van der Waals surface area contributed by atoms with Crippen molar-refractivity contribution in [2.75, 3.05) is 5.73 Å². The molecule has 0 spiro atoms. The summed E-state index contributed by atoms with van der Waals surface area (Å²) in [7, 11) is 0. The van der Waals surface area contributed by atoms with Crippen LogP contribution in [0.2, 0.25) is 0 Å². The van der Waals surface area contributed by atoms with Crippen molar-refractivity contribution >= 4 is 17.3 Å². The van der Waals surface area contributed by atoms with Gasteiger partial charge >= 0.3 is 0 Å². The number of aromatic nitrogens is 2. The van der Waals surface area contributed by atoms with Gasteiger partial charge in [0.2, 0.25) is 0 Å². The fraction of sp³-hybridized carbons (Fsp3) is 0. The van der Waals surface area contributed by atoms with Gasteiger partial charge < -0.3 is 11.5 Å². The number of aliphatic imine (C=N–C) groups is 1. The van der Waals surface area contributed by atoms with E-state index in [1.54, 1.807) is 24.3 Å². The molecule has 7 heteroatoms. The third-order valence-corrected chi connectivity index (χ3v) is 1.98. The summed E-state index contributed by atoms with van der Waals surface area (Å²) in [4.78, 5) is 4.07. The Bertz CT molecular complexity index is 609. The zero-order chi connectivity index (χ0) is 12.3. The molecular weight excluding hydrogens is 220 g/mol. The third-order valence-electron chi connectivity index (χ3n) is 1.98. The van der Waals surface area contributed by atoms with Crippen molar-refractivity contribution in [2.24, 2.45) is 10.7 Å². The molecule has 0 amide bonds. The lowest BCUT2D eigenvalue weighted by molar-refractivity contribution is 0.308. The Kier molecular flexibility index (Phi) is 2.70. The molecule has 0 saturated carbocycles. The molecule has 1 aromatic carbocycles. The highest BCUT2D eigenvalue weighted by atomic mass is 16.6. The smallest absolute Gasteiger partial charge is 0.199 e. The van der Waals surface area contributed by atoms with Crippen molar-refractivity contribution in [1.29, 1.82) is 5.26 Å². The molecule has 17 heavy (non-hydrogen) atoms. The first-order chi connectivity index (χ1) is 8.20. The molecule has 0 fully saturated rings. The molecule has 1 heterocycles. The Morgan fingerprint density at radius 1 is 1.41 bits per heavy atom. The highest BCUT2D eigenvalue weighted by Crippen LogP contribution is 2.15. The number of hydrogen-bond donors (Lipinski definition) is 2. The minimum atomic E-state index is 0.0719. The van der Waals surface area contributed by atoms with E-state index in [4.69, 9.17) is 16.7 Å². The zero-order valence-electron chi connectivity index (χ0n) is 8.66. The van der Waals surface area contributed by atoms with E-state index in [1.807, 2.05) is 6.07 Å². The third kappa shape index (κ3) is 2.21. The van der Waals surface area contributed by atoms with Crippen LogP contribution in [0.5, 0.6) is 0 Å². The lowest BCUT2D eigenvalue weighted by Crippen LogP contribution is -2.15. The maximum atomic E-state index is 8.74. The predicted octanol–water partition coefficient (Wildman–Crippen LogP) is 0.560. The first kappa shape index (κ1) is 10.6. The van der Waals surface area contributed by atoms with Crippen molar-refractivity contribution in [3.63, 3.8) is 0 Å². The van der Waals surface area contributed by atoms with Gasteiger partial charge in [0, 0.05) is 0 Å². The number of nitrogens with zero attached hydrogens (tertiary/aromatic N) is 4. The van der Waals surface area contributed by atoms with Gasteiger partial charge in [-0.3, -0.25) is 0 Å². The summed E-state index contributed by atoms with van der Waals surface area (Å²) < 4.78 is 4.41. The van der Waals surface area contributed by atoms with Crippen LogP contribution in [-0.2, 0) is 0 Å². The summed E-state index contributed by atoms with van der Waals surface area (Å²) >= 11 is 0. The molecule has 0 aliphatic carbocycles. The van der Waals surface area contributed by atoms with E-state index in [0.29, 0.717) is 11.3 Å². The predicted molar refractivity (Wildman–Crippen MR) is 60.3 cm³/mol. The molecule has 2 rings (SSSR count). The SMILES string of the molecule is N#Cc1cccc(N=C(N)c2nonc2N)c1. The van der Waals surface area contributed by atoms with Gasteiger partial charge in [-0.1, -0.05) is 6.07 Å². The van der Waals surface area contributed by atoms with Crippen LogP contribution in [0.4, 0.5) is 11.5 Å². The normalized spacial score (nSPS) is 11.1. The molecule has 0 saturated heterocycles. The maximum absolute atomic E-state index is 8.74. The van der Waals surface area contributed by atoms with Crippen LogP contribution in [0.25, 0.3) is 0 Å². The van der Waals surface area contributed by atoms with E-state index in [0.717, 1.165) is 0 Å². The first-order valence-corrected chi connectivity index (χ1v) is 4.63. The molecule has 2 aromatic rings.